The lowest BCUT2D eigenvalue weighted by Crippen LogP contribution is -2.20. The van der Waals surface area contributed by atoms with E-state index in [4.69, 9.17) is 15.3 Å². The molecule has 0 amide bonds. The molecule has 7 nitrogen and oxygen atoms in total. The van der Waals surface area contributed by atoms with Crippen LogP contribution >= 0.6 is 0 Å². The molecule has 1 aromatic heterocycles. The molecule has 78 valence electrons. The summed E-state index contributed by atoms with van der Waals surface area (Å²) in [5.41, 5.74) is -1.93. The van der Waals surface area contributed by atoms with Crippen molar-refractivity contribution in [3.8, 4) is 0 Å². The lowest BCUT2D eigenvalue weighted by Gasteiger charge is -2.00. The van der Waals surface area contributed by atoms with Crippen LogP contribution in [0, 0.1) is 0 Å². The first kappa shape index (κ1) is 10.6. The molecule has 1 rings (SSSR count). The van der Waals surface area contributed by atoms with E-state index < -0.39 is 34.6 Å². The van der Waals surface area contributed by atoms with Crippen molar-refractivity contribution in [2.24, 2.45) is 0 Å². The maximum Gasteiger partial charge on any atom is 0.342 e. The zero-order valence-electron chi connectivity index (χ0n) is 7.22. The number of pyridine rings is 1. The van der Waals surface area contributed by atoms with E-state index in [1.165, 1.54) is 0 Å². The molecule has 1 aromatic rings. The molecule has 0 fully saturated rings. The van der Waals surface area contributed by atoms with Gasteiger partial charge in [-0.2, -0.15) is 0 Å². The predicted octanol–water partition coefficient (Wildman–Crippen LogP) is -0.405. The standard InChI is InChI=1S/C8H5NO6/c10-6(11)3-1-9-2-4(7(12)13)5(3)8(14)15/h1-2H,(H,10,11)(H,12,13)(H,14,15)/p+1. The van der Waals surface area contributed by atoms with Gasteiger partial charge in [-0.25, -0.2) is 19.4 Å². The van der Waals surface area contributed by atoms with E-state index in [2.05, 4.69) is 4.98 Å². The van der Waals surface area contributed by atoms with Gasteiger partial charge in [-0.1, -0.05) is 0 Å². The molecule has 0 saturated heterocycles. The summed E-state index contributed by atoms with van der Waals surface area (Å²) in [6.45, 7) is 0. The fraction of sp³-hybridized carbons (Fsp3) is 0. The summed E-state index contributed by atoms with van der Waals surface area (Å²) in [5.74, 6) is -4.61. The van der Waals surface area contributed by atoms with Crippen LogP contribution in [-0.2, 0) is 0 Å². The highest BCUT2D eigenvalue weighted by atomic mass is 16.4. The first-order valence-electron chi connectivity index (χ1n) is 3.69. The van der Waals surface area contributed by atoms with Crippen LogP contribution in [0.25, 0.3) is 0 Å². The van der Waals surface area contributed by atoms with Gasteiger partial charge in [0.05, 0.1) is 0 Å². The zero-order chi connectivity index (χ0) is 11.6. The summed E-state index contributed by atoms with van der Waals surface area (Å²) < 4.78 is 0. The molecular formula is C8H6NO6+. The van der Waals surface area contributed by atoms with Crippen molar-refractivity contribution in [3.63, 3.8) is 0 Å². The monoisotopic (exact) mass is 212 g/mol. The number of hydrogen-bond donors (Lipinski definition) is 3. The van der Waals surface area contributed by atoms with Gasteiger partial charge in [0.25, 0.3) is 0 Å². The molecule has 15 heavy (non-hydrogen) atoms. The number of aromatic carboxylic acids is 3. The van der Waals surface area contributed by atoms with Crippen molar-refractivity contribution in [1.82, 2.24) is 0 Å². The van der Waals surface area contributed by atoms with Crippen LogP contribution in [-0.4, -0.2) is 33.2 Å². The Balaban J connectivity index is 3.56. The Morgan fingerprint density at radius 3 is 1.53 bits per heavy atom. The Morgan fingerprint density at radius 1 is 0.867 bits per heavy atom. The minimum atomic E-state index is -1.60. The molecular weight excluding hydrogens is 206 g/mol. The Kier molecular flexibility index (Phi) is 2.65. The van der Waals surface area contributed by atoms with Crippen LogP contribution in [0.3, 0.4) is 0 Å². The van der Waals surface area contributed by atoms with Gasteiger partial charge in [0.2, 0.25) is 0 Å². The van der Waals surface area contributed by atoms with Crippen molar-refractivity contribution in [3.05, 3.63) is 29.1 Å². The second kappa shape index (κ2) is 3.74. The van der Waals surface area contributed by atoms with E-state index in [0.717, 1.165) is 12.4 Å². The van der Waals surface area contributed by atoms with E-state index in [0.29, 0.717) is 0 Å². The highest BCUT2D eigenvalue weighted by Crippen LogP contribution is 2.12. The first-order valence-corrected chi connectivity index (χ1v) is 3.69. The van der Waals surface area contributed by atoms with Crippen LogP contribution in [0.5, 0.6) is 0 Å². The molecule has 0 aromatic carbocycles. The number of aromatic nitrogens is 1. The highest BCUT2D eigenvalue weighted by molar-refractivity contribution is 6.08. The maximum atomic E-state index is 10.7. The number of carboxylic acids is 3. The van der Waals surface area contributed by atoms with E-state index >= 15 is 0 Å². The van der Waals surface area contributed by atoms with Crippen LogP contribution in [0.2, 0.25) is 0 Å². The second-order valence-corrected chi connectivity index (χ2v) is 2.57. The molecule has 4 N–H and O–H groups in total. The Morgan fingerprint density at radius 2 is 1.27 bits per heavy atom. The quantitative estimate of drug-likeness (QED) is 0.625. The average molecular weight is 212 g/mol. The summed E-state index contributed by atoms with van der Waals surface area (Å²) in [6.07, 6.45) is 1.83. The molecule has 7 heteroatoms. The van der Waals surface area contributed by atoms with Crippen molar-refractivity contribution < 1.29 is 34.7 Å². The molecule has 0 spiro atoms. The largest absolute Gasteiger partial charge is 0.478 e. The lowest BCUT2D eigenvalue weighted by molar-refractivity contribution is -0.378. The van der Waals surface area contributed by atoms with Crippen molar-refractivity contribution >= 4 is 17.9 Å². The number of aromatic amines is 1. The van der Waals surface area contributed by atoms with Gasteiger partial charge in [0.1, 0.15) is 16.7 Å². The Hall–Kier alpha value is -2.44. The topological polar surface area (TPSA) is 126 Å². The third-order valence-electron chi connectivity index (χ3n) is 1.67. The molecule has 0 unspecified atom stereocenters. The predicted molar refractivity (Wildman–Crippen MR) is 43.9 cm³/mol. The molecule has 0 radical (unpaired) electrons. The number of rotatable bonds is 3. The fourth-order valence-corrected chi connectivity index (χ4v) is 1.07. The molecule has 0 aliphatic carbocycles. The summed E-state index contributed by atoms with van der Waals surface area (Å²) in [6, 6.07) is 0. The summed E-state index contributed by atoms with van der Waals surface area (Å²) in [5, 5.41) is 26.0. The number of H-pyrrole nitrogens is 1. The van der Waals surface area contributed by atoms with Gasteiger partial charge in [0.15, 0.2) is 12.4 Å². The van der Waals surface area contributed by atoms with Crippen molar-refractivity contribution in [1.29, 1.82) is 0 Å². The maximum absolute atomic E-state index is 10.7. The number of hydrogen-bond acceptors (Lipinski definition) is 3. The summed E-state index contributed by atoms with van der Waals surface area (Å²) in [4.78, 5) is 34.2. The van der Waals surface area contributed by atoms with E-state index in [9.17, 15) is 14.4 Å². The van der Waals surface area contributed by atoms with E-state index in [1.54, 1.807) is 0 Å². The Labute approximate surface area is 82.6 Å². The number of carbonyl (C=O) groups is 3. The van der Waals surface area contributed by atoms with E-state index in [1.807, 2.05) is 0 Å². The lowest BCUT2D eigenvalue weighted by atomic mass is 10.0. The van der Waals surface area contributed by atoms with Gasteiger partial charge in [0, 0.05) is 0 Å². The molecule has 0 aliphatic heterocycles. The third kappa shape index (κ3) is 1.90. The molecule has 0 aliphatic rings. The second-order valence-electron chi connectivity index (χ2n) is 2.57. The van der Waals surface area contributed by atoms with Crippen molar-refractivity contribution in [2.75, 3.05) is 0 Å². The van der Waals surface area contributed by atoms with Gasteiger partial charge in [-0.15, -0.1) is 0 Å². The number of nitrogens with one attached hydrogen (secondary N) is 1. The van der Waals surface area contributed by atoms with Crippen molar-refractivity contribution in [2.45, 2.75) is 0 Å². The summed E-state index contributed by atoms with van der Waals surface area (Å²) in [7, 11) is 0. The zero-order valence-corrected chi connectivity index (χ0v) is 7.22. The van der Waals surface area contributed by atoms with Crippen LogP contribution in [0.15, 0.2) is 12.4 Å². The molecule has 0 bridgehead atoms. The molecule has 1 heterocycles. The summed E-state index contributed by atoms with van der Waals surface area (Å²) >= 11 is 0. The van der Waals surface area contributed by atoms with Gasteiger partial charge < -0.3 is 15.3 Å². The molecule has 0 atom stereocenters. The Bertz CT molecular complexity index is 420. The van der Waals surface area contributed by atoms with Gasteiger partial charge >= 0.3 is 17.9 Å². The normalized spacial score (nSPS) is 9.60. The van der Waals surface area contributed by atoms with Gasteiger partial charge in [-0.05, 0) is 0 Å². The van der Waals surface area contributed by atoms with Crippen LogP contribution in [0.4, 0.5) is 0 Å². The molecule has 0 saturated carbocycles. The fourth-order valence-electron chi connectivity index (χ4n) is 1.07. The minimum absolute atomic E-state index is 0.595. The first-order chi connectivity index (χ1) is 6.95. The van der Waals surface area contributed by atoms with Gasteiger partial charge in [-0.3, -0.25) is 0 Å². The minimum Gasteiger partial charge on any atom is -0.478 e. The number of carboxylic acid groups (broad SMARTS) is 3. The van der Waals surface area contributed by atoms with E-state index in [-0.39, 0.29) is 0 Å². The average Bonchev–Trinajstić information content (AvgIpc) is 2.16. The highest BCUT2D eigenvalue weighted by Gasteiger charge is 2.26. The smallest absolute Gasteiger partial charge is 0.342 e. The SMILES string of the molecule is O=C(O)c1c[nH+]cc(C(=O)O)c1C(=O)O. The van der Waals surface area contributed by atoms with Crippen LogP contribution < -0.4 is 4.98 Å². The van der Waals surface area contributed by atoms with Crippen LogP contribution in [0.1, 0.15) is 31.1 Å². The third-order valence-corrected chi connectivity index (χ3v) is 1.67.